The zero-order valence-corrected chi connectivity index (χ0v) is 15.4. The van der Waals surface area contributed by atoms with E-state index in [2.05, 4.69) is 11.9 Å². The van der Waals surface area contributed by atoms with Crippen molar-refractivity contribution in [2.75, 3.05) is 37.9 Å². The predicted octanol–water partition coefficient (Wildman–Crippen LogP) is 1.82. The van der Waals surface area contributed by atoms with Crippen molar-refractivity contribution in [3.63, 3.8) is 0 Å². The number of sulfonamides is 1. The maximum Gasteiger partial charge on any atom is 0.232 e. The number of nitrogens with zero attached hydrogens (tertiary/aromatic N) is 1. The van der Waals surface area contributed by atoms with Crippen LogP contribution in [-0.2, 0) is 14.8 Å². The van der Waals surface area contributed by atoms with Gasteiger partial charge in [-0.15, -0.1) is 6.58 Å². The molecule has 0 unspecified atom stereocenters. The molecule has 0 fully saturated rings. The highest BCUT2D eigenvalue weighted by Gasteiger charge is 2.24. The summed E-state index contributed by atoms with van der Waals surface area (Å²) in [7, 11) is -0.827. The topological polar surface area (TPSA) is 84.9 Å². The number of hydrogen-bond acceptors (Lipinski definition) is 5. The first kappa shape index (κ1) is 20.1. The van der Waals surface area contributed by atoms with E-state index in [4.69, 9.17) is 21.1 Å². The summed E-state index contributed by atoms with van der Waals surface area (Å²) in [6.45, 7) is 3.76. The van der Waals surface area contributed by atoms with Crippen molar-refractivity contribution >= 4 is 33.2 Å². The molecule has 0 aliphatic heterocycles. The molecule has 1 amide bonds. The largest absolute Gasteiger partial charge is 0.495 e. The Kier molecular flexibility index (Phi) is 7.37. The lowest BCUT2D eigenvalue weighted by molar-refractivity contribution is -0.120. The Morgan fingerprint density at radius 1 is 1.33 bits per heavy atom. The second-order valence-corrected chi connectivity index (χ2v) is 7.15. The minimum atomic E-state index is -3.65. The van der Waals surface area contributed by atoms with Crippen LogP contribution in [0.3, 0.4) is 0 Å². The zero-order chi connectivity index (χ0) is 18.3. The third kappa shape index (κ3) is 5.31. The number of nitrogens with one attached hydrogen (secondary N) is 1. The first-order valence-corrected chi connectivity index (χ1v) is 9.24. The van der Waals surface area contributed by atoms with Gasteiger partial charge >= 0.3 is 0 Å². The van der Waals surface area contributed by atoms with Crippen LogP contribution in [0.4, 0.5) is 5.69 Å². The number of ether oxygens (including phenoxy) is 2. The van der Waals surface area contributed by atoms with Gasteiger partial charge in [-0.1, -0.05) is 17.7 Å². The van der Waals surface area contributed by atoms with E-state index in [-0.39, 0.29) is 35.3 Å². The Morgan fingerprint density at radius 3 is 2.46 bits per heavy atom. The molecule has 0 spiro atoms. The molecule has 1 aromatic rings. The number of halogens is 1. The number of amides is 1. The van der Waals surface area contributed by atoms with Crippen LogP contribution in [0.5, 0.6) is 11.5 Å². The maximum atomic E-state index is 12.2. The van der Waals surface area contributed by atoms with Crippen molar-refractivity contribution in [2.45, 2.75) is 6.42 Å². The minimum absolute atomic E-state index is 0.0188. The van der Waals surface area contributed by atoms with E-state index in [0.29, 0.717) is 12.3 Å². The zero-order valence-electron chi connectivity index (χ0n) is 13.8. The van der Waals surface area contributed by atoms with Gasteiger partial charge in [0.15, 0.2) is 0 Å². The van der Waals surface area contributed by atoms with Gasteiger partial charge in [0.1, 0.15) is 11.5 Å². The van der Waals surface area contributed by atoms with Gasteiger partial charge in [0.25, 0.3) is 0 Å². The van der Waals surface area contributed by atoms with E-state index >= 15 is 0 Å². The van der Waals surface area contributed by atoms with E-state index in [1.54, 1.807) is 6.08 Å². The summed E-state index contributed by atoms with van der Waals surface area (Å²) in [6.07, 6.45) is 2.57. The first-order chi connectivity index (χ1) is 11.2. The summed E-state index contributed by atoms with van der Waals surface area (Å²) in [6, 6.07) is 2.93. The Bertz CT molecular complexity index is 706. The van der Waals surface area contributed by atoms with Crippen LogP contribution >= 0.6 is 11.6 Å². The monoisotopic (exact) mass is 376 g/mol. The highest BCUT2D eigenvalue weighted by atomic mass is 35.5. The third-order valence-electron chi connectivity index (χ3n) is 3.11. The highest BCUT2D eigenvalue weighted by molar-refractivity contribution is 7.92. The molecule has 7 nitrogen and oxygen atoms in total. The van der Waals surface area contributed by atoms with E-state index in [1.807, 2.05) is 0 Å². The van der Waals surface area contributed by atoms with Crippen molar-refractivity contribution in [3.8, 4) is 11.5 Å². The van der Waals surface area contributed by atoms with Crippen LogP contribution in [0, 0.1) is 0 Å². The fraction of sp³-hybridized carbons (Fsp3) is 0.400. The molecule has 1 aromatic carbocycles. The number of anilines is 1. The predicted molar refractivity (Wildman–Crippen MR) is 94.6 cm³/mol. The van der Waals surface area contributed by atoms with Crippen molar-refractivity contribution in [3.05, 3.63) is 29.8 Å². The quantitative estimate of drug-likeness (QED) is 0.664. The molecule has 0 radical (unpaired) electrons. The van der Waals surface area contributed by atoms with Crippen molar-refractivity contribution < 1.29 is 22.7 Å². The maximum absolute atomic E-state index is 12.2. The van der Waals surface area contributed by atoms with E-state index < -0.39 is 10.0 Å². The molecule has 0 atom stereocenters. The van der Waals surface area contributed by atoms with E-state index in [9.17, 15) is 13.2 Å². The SMILES string of the molecule is C=CCNC(=O)CCN(c1cc(OC)c(Cl)cc1OC)S(C)(=O)=O. The molecule has 9 heteroatoms. The Hall–Kier alpha value is -1.93. The van der Waals surface area contributed by atoms with Gasteiger partial charge in [-0.25, -0.2) is 8.42 Å². The lowest BCUT2D eigenvalue weighted by Crippen LogP contribution is -2.35. The molecule has 134 valence electrons. The molecule has 0 heterocycles. The summed E-state index contributed by atoms with van der Waals surface area (Å²) in [5.41, 5.74) is 0.248. The van der Waals surface area contributed by atoms with Crippen LogP contribution in [0.15, 0.2) is 24.8 Å². The molecule has 1 rings (SSSR count). The molecule has 0 aromatic heterocycles. The molecule has 24 heavy (non-hydrogen) atoms. The van der Waals surface area contributed by atoms with Crippen molar-refractivity contribution in [1.29, 1.82) is 0 Å². The van der Waals surface area contributed by atoms with Gasteiger partial charge in [0, 0.05) is 31.6 Å². The fourth-order valence-corrected chi connectivity index (χ4v) is 3.14. The number of rotatable bonds is 9. The lowest BCUT2D eigenvalue weighted by Gasteiger charge is -2.25. The number of carbonyl (C=O) groups is 1. The third-order valence-corrected chi connectivity index (χ3v) is 4.58. The van der Waals surface area contributed by atoms with Gasteiger partial charge in [0.2, 0.25) is 15.9 Å². The van der Waals surface area contributed by atoms with Gasteiger partial charge in [-0.2, -0.15) is 0 Å². The summed E-state index contributed by atoms with van der Waals surface area (Å²) in [5, 5.41) is 2.88. The Balaban J connectivity index is 3.18. The average molecular weight is 377 g/mol. The van der Waals surface area contributed by atoms with E-state index in [1.165, 1.54) is 26.4 Å². The van der Waals surface area contributed by atoms with Crippen molar-refractivity contribution in [1.82, 2.24) is 5.32 Å². The Morgan fingerprint density at radius 2 is 1.96 bits per heavy atom. The second kappa shape index (κ2) is 8.79. The van der Waals surface area contributed by atoms with Gasteiger partial charge in [0.05, 0.1) is 31.2 Å². The summed E-state index contributed by atoms with van der Waals surface area (Å²) in [5.74, 6) is 0.276. The van der Waals surface area contributed by atoms with E-state index in [0.717, 1.165) is 10.6 Å². The minimum Gasteiger partial charge on any atom is -0.495 e. The molecule has 0 saturated carbocycles. The summed E-state index contributed by atoms with van der Waals surface area (Å²) >= 11 is 6.04. The smallest absolute Gasteiger partial charge is 0.232 e. The number of hydrogen-bond donors (Lipinski definition) is 1. The molecule has 1 N–H and O–H groups in total. The molecule has 0 bridgehead atoms. The molecular formula is C15H21ClN2O5S. The molecule has 0 aliphatic carbocycles. The molecule has 0 saturated heterocycles. The first-order valence-electron chi connectivity index (χ1n) is 7.01. The summed E-state index contributed by atoms with van der Waals surface area (Å²) < 4.78 is 35.7. The lowest BCUT2D eigenvalue weighted by atomic mass is 10.2. The Labute approximate surface area is 147 Å². The van der Waals surface area contributed by atoms with Gasteiger partial charge in [-0.05, 0) is 0 Å². The number of methoxy groups -OCH3 is 2. The van der Waals surface area contributed by atoms with Crippen LogP contribution in [-0.4, -0.2) is 47.9 Å². The standard InChI is InChI=1S/C15H21ClN2O5S/c1-5-7-17-15(19)6-8-18(24(4,20)21)12-10-13(22-2)11(16)9-14(12)23-3/h5,9-10H,1,6-8H2,2-4H3,(H,17,19). The van der Waals surface area contributed by atoms with Gasteiger partial charge in [-0.3, -0.25) is 9.10 Å². The van der Waals surface area contributed by atoms with Crippen LogP contribution in [0.25, 0.3) is 0 Å². The van der Waals surface area contributed by atoms with Crippen LogP contribution < -0.4 is 19.1 Å². The number of benzene rings is 1. The second-order valence-electron chi connectivity index (χ2n) is 4.84. The van der Waals surface area contributed by atoms with Gasteiger partial charge < -0.3 is 14.8 Å². The molecular weight excluding hydrogens is 356 g/mol. The highest BCUT2D eigenvalue weighted by Crippen LogP contribution is 2.39. The number of carbonyl (C=O) groups excluding carboxylic acids is 1. The molecule has 0 aliphatic rings. The average Bonchev–Trinajstić information content (AvgIpc) is 2.52. The summed E-state index contributed by atoms with van der Waals surface area (Å²) in [4.78, 5) is 11.7. The van der Waals surface area contributed by atoms with Crippen LogP contribution in [0.2, 0.25) is 5.02 Å². The van der Waals surface area contributed by atoms with Crippen LogP contribution in [0.1, 0.15) is 6.42 Å². The van der Waals surface area contributed by atoms with Crippen molar-refractivity contribution in [2.24, 2.45) is 0 Å². The fourth-order valence-electron chi connectivity index (χ4n) is 1.98. The normalized spacial score (nSPS) is 10.8.